The van der Waals surface area contributed by atoms with Crippen molar-refractivity contribution >= 4 is 28.9 Å². The summed E-state index contributed by atoms with van der Waals surface area (Å²) in [4.78, 5) is 22.0. The number of anilines is 1. The number of nitrogens with zero attached hydrogens (tertiary/aromatic N) is 1. The van der Waals surface area contributed by atoms with Crippen molar-refractivity contribution in [1.82, 2.24) is 5.32 Å². The fourth-order valence-corrected chi connectivity index (χ4v) is 2.11. The molecule has 0 aromatic heterocycles. The van der Waals surface area contributed by atoms with Crippen LogP contribution in [0.15, 0.2) is 48.5 Å². The van der Waals surface area contributed by atoms with Gasteiger partial charge in [0, 0.05) is 28.9 Å². The molecular formula is C16H16ClN3O3. The first-order valence-corrected chi connectivity index (χ1v) is 7.36. The van der Waals surface area contributed by atoms with Gasteiger partial charge in [-0.05, 0) is 36.8 Å². The van der Waals surface area contributed by atoms with E-state index in [4.69, 9.17) is 11.6 Å². The average molecular weight is 334 g/mol. The van der Waals surface area contributed by atoms with E-state index in [0.717, 1.165) is 5.56 Å². The molecule has 120 valence electrons. The molecule has 2 rings (SSSR count). The molecule has 0 saturated carbocycles. The smallest absolute Gasteiger partial charge is 0.269 e. The molecule has 0 aliphatic heterocycles. The summed E-state index contributed by atoms with van der Waals surface area (Å²) in [7, 11) is 0. The van der Waals surface area contributed by atoms with Crippen molar-refractivity contribution in [1.29, 1.82) is 0 Å². The zero-order valence-electron chi connectivity index (χ0n) is 12.5. The van der Waals surface area contributed by atoms with Crippen LogP contribution in [0.1, 0.15) is 18.5 Å². The summed E-state index contributed by atoms with van der Waals surface area (Å²) >= 11 is 5.84. The van der Waals surface area contributed by atoms with Gasteiger partial charge in [-0.2, -0.15) is 0 Å². The lowest BCUT2D eigenvalue weighted by molar-refractivity contribution is -0.384. The molecule has 7 heteroatoms. The Labute approximate surface area is 138 Å². The Bertz CT molecular complexity index is 687. The van der Waals surface area contributed by atoms with Crippen molar-refractivity contribution in [2.24, 2.45) is 0 Å². The van der Waals surface area contributed by atoms with E-state index in [9.17, 15) is 14.9 Å². The normalized spacial score (nSPS) is 11.7. The van der Waals surface area contributed by atoms with Crippen LogP contribution in [0.25, 0.3) is 0 Å². The highest BCUT2D eigenvalue weighted by atomic mass is 35.5. The number of benzene rings is 2. The number of hydrogen-bond donors (Lipinski definition) is 2. The lowest BCUT2D eigenvalue weighted by Gasteiger charge is -2.14. The lowest BCUT2D eigenvalue weighted by atomic mass is 10.1. The zero-order valence-corrected chi connectivity index (χ0v) is 13.2. The highest BCUT2D eigenvalue weighted by Crippen LogP contribution is 2.17. The molecule has 1 atom stereocenters. The van der Waals surface area contributed by atoms with Crippen LogP contribution >= 0.6 is 11.6 Å². The van der Waals surface area contributed by atoms with E-state index < -0.39 is 4.92 Å². The van der Waals surface area contributed by atoms with Gasteiger partial charge in [-0.25, -0.2) is 0 Å². The molecule has 0 aliphatic rings. The average Bonchev–Trinajstić information content (AvgIpc) is 2.54. The fourth-order valence-electron chi connectivity index (χ4n) is 1.99. The van der Waals surface area contributed by atoms with Gasteiger partial charge in [-0.1, -0.05) is 23.7 Å². The lowest BCUT2D eigenvalue weighted by Crippen LogP contribution is -2.30. The van der Waals surface area contributed by atoms with E-state index >= 15 is 0 Å². The molecule has 0 aliphatic carbocycles. The summed E-state index contributed by atoms with van der Waals surface area (Å²) in [5, 5.41) is 17.0. The number of rotatable bonds is 6. The first-order chi connectivity index (χ1) is 11.0. The van der Waals surface area contributed by atoms with Crippen LogP contribution in [-0.4, -0.2) is 17.4 Å². The molecule has 2 aromatic rings. The van der Waals surface area contributed by atoms with E-state index in [1.165, 1.54) is 24.3 Å². The summed E-state index contributed by atoms with van der Waals surface area (Å²) < 4.78 is 0. The summed E-state index contributed by atoms with van der Waals surface area (Å²) in [5.74, 6) is -0.223. The van der Waals surface area contributed by atoms with Gasteiger partial charge >= 0.3 is 0 Å². The molecule has 0 unspecified atom stereocenters. The van der Waals surface area contributed by atoms with Gasteiger partial charge in [0.2, 0.25) is 5.91 Å². The number of carbonyl (C=O) groups is 1. The SMILES string of the molecule is C[C@H](NCC(=O)Nc1ccc([N+](=O)[O-])cc1)c1ccc(Cl)cc1. The van der Waals surface area contributed by atoms with Crippen LogP contribution < -0.4 is 10.6 Å². The van der Waals surface area contributed by atoms with Crippen molar-refractivity contribution in [3.63, 3.8) is 0 Å². The Morgan fingerprint density at radius 3 is 2.35 bits per heavy atom. The maximum Gasteiger partial charge on any atom is 0.269 e. The molecule has 0 radical (unpaired) electrons. The van der Waals surface area contributed by atoms with Crippen LogP contribution in [0.3, 0.4) is 0 Å². The molecule has 1 amide bonds. The molecule has 0 fully saturated rings. The van der Waals surface area contributed by atoms with E-state index in [0.29, 0.717) is 10.7 Å². The fraction of sp³-hybridized carbons (Fsp3) is 0.188. The van der Waals surface area contributed by atoms with Crippen LogP contribution in [0.5, 0.6) is 0 Å². The number of nitrogens with one attached hydrogen (secondary N) is 2. The third-order valence-electron chi connectivity index (χ3n) is 3.30. The van der Waals surface area contributed by atoms with Gasteiger partial charge in [0.15, 0.2) is 0 Å². The third-order valence-corrected chi connectivity index (χ3v) is 3.55. The first-order valence-electron chi connectivity index (χ1n) is 6.99. The van der Waals surface area contributed by atoms with Crippen molar-refractivity contribution in [3.8, 4) is 0 Å². The summed E-state index contributed by atoms with van der Waals surface area (Å²) in [6.07, 6.45) is 0. The van der Waals surface area contributed by atoms with Gasteiger partial charge in [-0.3, -0.25) is 14.9 Å². The second-order valence-electron chi connectivity index (χ2n) is 5.01. The number of nitro benzene ring substituents is 1. The number of nitro groups is 1. The molecule has 0 heterocycles. The van der Waals surface area contributed by atoms with Gasteiger partial charge in [-0.15, -0.1) is 0 Å². The largest absolute Gasteiger partial charge is 0.325 e. The van der Waals surface area contributed by atoms with Crippen LogP contribution in [0, 0.1) is 10.1 Å². The molecule has 2 aromatic carbocycles. The predicted octanol–water partition coefficient (Wildman–Crippen LogP) is 3.54. The van der Waals surface area contributed by atoms with Gasteiger partial charge in [0.25, 0.3) is 5.69 Å². The Kier molecular flexibility index (Phi) is 5.67. The molecule has 0 spiro atoms. The summed E-state index contributed by atoms with van der Waals surface area (Å²) in [5.41, 5.74) is 1.52. The van der Waals surface area contributed by atoms with Gasteiger partial charge in [0.05, 0.1) is 11.5 Å². The maximum absolute atomic E-state index is 11.9. The minimum absolute atomic E-state index is 0.00474. The molecule has 6 nitrogen and oxygen atoms in total. The van der Waals surface area contributed by atoms with Crippen molar-refractivity contribution in [2.45, 2.75) is 13.0 Å². The number of non-ortho nitro benzene ring substituents is 1. The summed E-state index contributed by atoms with van der Waals surface area (Å²) in [6.45, 7) is 2.07. The topological polar surface area (TPSA) is 84.3 Å². The highest BCUT2D eigenvalue weighted by molar-refractivity contribution is 6.30. The Morgan fingerprint density at radius 1 is 1.17 bits per heavy atom. The van der Waals surface area contributed by atoms with Crippen molar-refractivity contribution in [3.05, 3.63) is 69.2 Å². The van der Waals surface area contributed by atoms with Crippen LogP contribution in [0.4, 0.5) is 11.4 Å². The quantitative estimate of drug-likeness (QED) is 0.625. The van der Waals surface area contributed by atoms with Crippen LogP contribution in [0.2, 0.25) is 5.02 Å². The van der Waals surface area contributed by atoms with Crippen molar-refractivity contribution < 1.29 is 9.72 Å². The van der Waals surface area contributed by atoms with Crippen LogP contribution in [-0.2, 0) is 4.79 Å². The number of hydrogen-bond acceptors (Lipinski definition) is 4. The predicted molar refractivity (Wildman–Crippen MR) is 89.6 cm³/mol. The maximum atomic E-state index is 11.9. The Balaban J connectivity index is 1.84. The molecule has 0 bridgehead atoms. The molecule has 2 N–H and O–H groups in total. The number of amides is 1. The van der Waals surface area contributed by atoms with E-state index in [1.807, 2.05) is 19.1 Å². The van der Waals surface area contributed by atoms with E-state index in [-0.39, 0.29) is 24.2 Å². The Hall–Kier alpha value is -2.44. The Morgan fingerprint density at radius 2 is 1.78 bits per heavy atom. The summed E-state index contributed by atoms with van der Waals surface area (Å²) in [6, 6.07) is 13.1. The molecule has 0 saturated heterocycles. The first kappa shape index (κ1) is 16.9. The third kappa shape index (κ3) is 5.05. The number of carbonyl (C=O) groups excluding carboxylic acids is 1. The minimum Gasteiger partial charge on any atom is -0.325 e. The standard InChI is InChI=1S/C16H16ClN3O3/c1-11(12-2-4-13(17)5-3-12)18-10-16(21)19-14-6-8-15(9-7-14)20(22)23/h2-9,11,18H,10H2,1H3,(H,19,21)/t11-/m0/s1. The monoisotopic (exact) mass is 333 g/mol. The number of halogens is 1. The van der Waals surface area contributed by atoms with E-state index in [1.54, 1.807) is 12.1 Å². The minimum atomic E-state index is -0.485. The second-order valence-corrected chi connectivity index (χ2v) is 5.44. The van der Waals surface area contributed by atoms with Gasteiger partial charge in [0.1, 0.15) is 0 Å². The highest BCUT2D eigenvalue weighted by Gasteiger charge is 2.09. The van der Waals surface area contributed by atoms with E-state index in [2.05, 4.69) is 10.6 Å². The van der Waals surface area contributed by atoms with Gasteiger partial charge < -0.3 is 10.6 Å². The second kappa shape index (κ2) is 7.71. The zero-order chi connectivity index (χ0) is 16.8. The van der Waals surface area contributed by atoms with Crippen molar-refractivity contribution in [2.75, 3.05) is 11.9 Å². The molecule has 23 heavy (non-hydrogen) atoms. The molecular weight excluding hydrogens is 318 g/mol.